The van der Waals surface area contributed by atoms with Gasteiger partial charge in [0.25, 0.3) is 11.1 Å². The van der Waals surface area contributed by atoms with Gasteiger partial charge in [0.2, 0.25) is 5.91 Å². The topological polar surface area (TPSA) is 94.3 Å². The molecule has 0 spiro atoms. The average molecular weight is 411 g/mol. The highest BCUT2D eigenvalue weighted by Crippen LogP contribution is 2.24. The molecule has 1 aromatic heterocycles. The minimum Gasteiger partial charge on any atom is -0.484 e. The van der Waals surface area contributed by atoms with Crippen LogP contribution in [0.2, 0.25) is 0 Å². The second-order valence-electron chi connectivity index (χ2n) is 6.45. The lowest BCUT2D eigenvalue weighted by Gasteiger charge is -2.10. The number of nitrogens with one attached hydrogen (secondary N) is 1. The van der Waals surface area contributed by atoms with Crippen molar-refractivity contribution < 1.29 is 18.7 Å². The number of Topliss-reactive ketones (excluding diaryl/α,β-unsaturated/α-hetero) is 1. The number of aromatic nitrogens is 2. The quantitative estimate of drug-likeness (QED) is 0.437. The number of anilines is 1. The van der Waals surface area contributed by atoms with Crippen molar-refractivity contribution in [2.75, 3.05) is 5.32 Å². The molecule has 0 aliphatic heterocycles. The molecule has 3 aromatic rings. The van der Waals surface area contributed by atoms with Crippen LogP contribution in [-0.2, 0) is 11.4 Å². The zero-order chi connectivity index (χ0) is 20.8. The van der Waals surface area contributed by atoms with Gasteiger partial charge in [-0.05, 0) is 62.7 Å². The van der Waals surface area contributed by atoms with Crippen LogP contribution in [0, 0.1) is 6.92 Å². The van der Waals surface area contributed by atoms with Gasteiger partial charge in [-0.3, -0.25) is 9.59 Å². The molecule has 0 aliphatic carbocycles. The Balaban J connectivity index is 1.51. The van der Waals surface area contributed by atoms with Gasteiger partial charge < -0.3 is 14.5 Å². The Morgan fingerprint density at radius 3 is 2.62 bits per heavy atom. The average Bonchev–Trinajstić information content (AvgIpc) is 3.14. The SMILES string of the molecule is CC(=O)c1ccc(NC(=O)[C@H](C)Sc2nnc(COc3cccc(C)c3)o2)cc1. The van der Waals surface area contributed by atoms with Crippen LogP contribution in [0.4, 0.5) is 5.69 Å². The smallest absolute Gasteiger partial charge is 0.277 e. The number of ether oxygens (including phenoxy) is 1. The number of benzene rings is 2. The molecule has 1 atom stereocenters. The second-order valence-corrected chi connectivity index (χ2v) is 7.74. The minimum absolute atomic E-state index is 0.0228. The van der Waals surface area contributed by atoms with Gasteiger partial charge in [0.15, 0.2) is 12.4 Å². The molecule has 0 unspecified atom stereocenters. The van der Waals surface area contributed by atoms with Crippen molar-refractivity contribution in [1.82, 2.24) is 10.2 Å². The third-order valence-electron chi connectivity index (χ3n) is 4.01. The fourth-order valence-electron chi connectivity index (χ4n) is 2.43. The van der Waals surface area contributed by atoms with Crippen molar-refractivity contribution in [2.45, 2.75) is 37.9 Å². The zero-order valence-corrected chi connectivity index (χ0v) is 17.2. The Labute approximate surface area is 172 Å². The van der Waals surface area contributed by atoms with Crippen LogP contribution < -0.4 is 10.1 Å². The maximum Gasteiger partial charge on any atom is 0.277 e. The predicted molar refractivity (Wildman–Crippen MR) is 110 cm³/mol. The van der Waals surface area contributed by atoms with E-state index in [0.29, 0.717) is 22.4 Å². The van der Waals surface area contributed by atoms with E-state index in [0.717, 1.165) is 23.1 Å². The Kier molecular flexibility index (Phi) is 6.66. The number of thioether (sulfide) groups is 1. The van der Waals surface area contributed by atoms with Crippen molar-refractivity contribution in [3.63, 3.8) is 0 Å². The van der Waals surface area contributed by atoms with Gasteiger partial charge >= 0.3 is 0 Å². The molecular weight excluding hydrogens is 390 g/mol. The van der Waals surface area contributed by atoms with E-state index in [1.54, 1.807) is 31.2 Å². The summed E-state index contributed by atoms with van der Waals surface area (Å²) in [6.07, 6.45) is 0. The second kappa shape index (κ2) is 9.38. The molecule has 1 amide bonds. The first-order valence-corrected chi connectivity index (χ1v) is 9.89. The molecular formula is C21H21N3O4S. The van der Waals surface area contributed by atoms with Gasteiger partial charge in [-0.15, -0.1) is 10.2 Å². The summed E-state index contributed by atoms with van der Waals surface area (Å²) in [6, 6.07) is 14.4. The van der Waals surface area contributed by atoms with Crippen LogP contribution in [0.3, 0.4) is 0 Å². The predicted octanol–water partition coefficient (Wildman–Crippen LogP) is 4.28. The van der Waals surface area contributed by atoms with Gasteiger partial charge in [0, 0.05) is 11.3 Å². The molecule has 8 heteroatoms. The van der Waals surface area contributed by atoms with Crippen molar-refractivity contribution in [1.29, 1.82) is 0 Å². The molecule has 150 valence electrons. The van der Waals surface area contributed by atoms with Crippen LogP contribution in [-0.4, -0.2) is 27.1 Å². The van der Waals surface area contributed by atoms with E-state index in [-0.39, 0.29) is 18.3 Å². The van der Waals surface area contributed by atoms with Crippen LogP contribution >= 0.6 is 11.8 Å². The van der Waals surface area contributed by atoms with Gasteiger partial charge in [0.05, 0.1) is 5.25 Å². The summed E-state index contributed by atoms with van der Waals surface area (Å²) in [5.41, 5.74) is 2.31. The Hall–Kier alpha value is -3.13. The molecule has 29 heavy (non-hydrogen) atoms. The maximum atomic E-state index is 12.4. The largest absolute Gasteiger partial charge is 0.484 e. The summed E-state index contributed by atoms with van der Waals surface area (Å²) < 4.78 is 11.2. The molecule has 0 bridgehead atoms. The van der Waals surface area contributed by atoms with E-state index < -0.39 is 5.25 Å². The van der Waals surface area contributed by atoms with Crippen molar-refractivity contribution >= 4 is 29.1 Å². The molecule has 0 saturated heterocycles. The van der Waals surface area contributed by atoms with Gasteiger partial charge in [-0.1, -0.05) is 23.9 Å². The van der Waals surface area contributed by atoms with Gasteiger partial charge in [0.1, 0.15) is 5.75 Å². The molecule has 1 N–H and O–H groups in total. The molecule has 1 heterocycles. The lowest BCUT2D eigenvalue weighted by atomic mass is 10.1. The number of nitrogens with zero attached hydrogens (tertiary/aromatic N) is 2. The molecule has 7 nitrogen and oxygen atoms in total. The van der Waals surface area contributed by atoms with Crippen molar-refractivity contribution in [2.24, 2.45) is 0 Å². The molecule has 0 fully saturated rings. The van der Waals surface area contributed by atoms with Crippen molar-refractivity contribution in [3.05, 3.63) is 65.5 Å². The molecule has 3 rings (SSSR count). The maximum absolute atomic E-state index is 12.4. The number of aryl methyl sites for hydroxylation is 1. The van der Waals surface area contributed by atoms with E-state index in [1.807, 2.05) is 31.2 Å². The van der Waals surface area contributed by atoms with E-state index in [9.17, 15) is 9.59 Å². The van der Waals surface area contributed by atoms with E-state index in [4.69, 9.17) is 9.15 Å². The first-order valence-electron chi connectivity index (χ1n) is 9.01. The first kappa shape index (κ1) is 20.6. The van der Waals surface area contributed by atoms with Gasteiger partial charge in [-0.2, -0.15) is 0 Å². The Morgan fingerprint density at radius 1 is 1.17 bits per heavy atom. The fraction of sp³-hybridized carbons (Fsp3) is 0.238. The molecule has 2 aromatic carbocycles. The van der Waals surface area contributed by atoms with E-state index in [2.05, 4.69) is 15.5 Å². The number of amides is 1. The van der Waals surface area contributed by atoms with E-state index in [1.165, 1.54) is 6.92 Å². The summed E-state index contributed by atoms with van der Waals surface area (Å²) in [5, 5.41) is 10.5. The normalized spacial score (nSPS) is 11.7. The number of hydrogen-bond donors (Lipinski definition) is 1. The Bertz CT molecular complexity index is 1000. The highest BCUT2D eigenvalue weighted by atomic mass is 32.2. The summed E-state index contributed by atoms with van der Waals surface area (Å²) in [4.78, 5) is 23.7. The van der Waals surface area contributed by atoms with Crippen LogP contribution in [0.25, 0.3) is 0 Å². The molecule has 0 radical (unpaired) electrons. The summed E-state index contributed by atoms with van der Waals surface area (Å²) in [5.74, 6) is 0.828. The number of carbonyl (C=O) groups excluding carboxylic acids is 2. The lowest BCUT2D eigenvalue weighted by molar-refractivity contribution is -0.115. The Morgan fingerprint density at radius 2 is 1.93 bits per heavy atom. The van der Waals surface area contributed by atoms with Crippen LogP contribution in [0.5, 0.6) is 5.75 Å². The van der Waals surface area contributed by atoms with Crippen LogP contribution in [0.1, 0.15) is 35.7 Å². The number of ketones is 1. The highest BCUT2D eigenvalue weighted by molar-refractivity contribution is 8.00. The molecule has 0 aliphatic rings. The number of carbonyl (C=O) groups is 2. The summed E-state index contributed by atoms with van der Waals surface area (Å²) in [6.45, 7) is 5.38. The molecule has 0 saturated carbocycles. The summed E-state index contributed by atoms with van der Waals surface area (Å²) in [7, 11) is 0. The zero-order valence-electron chi connectivity index (χ0n) is 16.3. The van der Waals surface area contributed by atoms with E-state index >= 15 is 0 Å². The minimum atomic E-state index is -0.450. The monoisotopic (exact) mass is 411 g/mol. The van der Waals surface area contributed by atoms with Crippen molar-refractivity contribution in [3.8, 4) is 5.75 Å². The summed E-state index contributed by atoms with van der Waals surface area (Å²) >= 11 is 1.16. The van der Waals surface area contributed by atoms with Crippen LogP contribution in [0.15, 0.2) is 58.2 Å². The highest BCUT2D eigenvalue weighted by Gasteiger charge is 2.19. The third-order valence-corrected chi connectivity index (χ3v) is 4.94. The third kappa shape index (κ3) is 5.92. The fourth-order valence-corrected chi connectivity index (χ4v) is 3.13. The number of hydrogen-bond acceptors (Lipinski definition) is 7. The standard InChI is InChI=1S/C21H21N3O4S/c1-13-5-4-6-18(11-13)27-12-19-23-24-21(28-19)29-15(3)20(26)22-17-9-7-16(8-10-17)14(2)25/h4-11,15H,12H2,1-3H3,(H,22,26)/t15-/m0/s1. The lowest BCUT2D eigenvalue weighted by Crippen LogP contribution is -2.22. The first-order chi connectivity index (χ1) is 13.9. The number of rotatable bonds is 8. The van der Waals surface area contributed by atoms with Gasteiger partial charge in [-0.25, -0.2) is 0 Å².